The average molecular weight is 382 g/mol. The van der Waals surface area contributed by atoms with Crippen molar-refractivity contribution < 1.29 is 13.2 Å². The van der Waals surface area contributed by atoms with Crippen LogP contribution in [0, 0.1) is 6.92 Å². The molecule has 0 bridgehead atoms. The lowest BCUT2D eigenvalue weighted by atomic mass is 10.1. The fourth-order valence-electron chi connectivity index (χ4n) is 2.35. The van der Waals surface area contributed by atoms with Crippen LogP contribution in [0.3, 0.4) is 0 Å². The number of benzene rings is 1. The molecule has 0 saturated carbocycles. The van der Waals surface area contributed by atoms with Crippen LogP contribution in [0.15, 0.2) is 41.4 Å². The van der Waals surface area contributed by atoms with Gasteiger partial charge in [-0.2, -0.15) is 4.31 Å². The van der Waals surface area contributed by atoms with E-state index in [4.69, 9.17) is 11.6 Å². The highest BCUT2D eigenvalue weighted by Crippen LogP contribution is 2.20. The van der Waals surface area contributed by atoms with Gasteiger partial charge in [0, 0.05) is 24.8 Å². The number of carbonyl (C=O) groups excluding carboxylic acids is 1. The summed E-state index contributed by atoms with van der Waals surface area (Å²) in [6.07, 6.45) is 1.42. The second-order valence-electron chi connectivity index (χ2n) is 5.38. The van der Waals surface area contributed by atoms with Crippen molar-refractivity contribution in [1.82, 2.24) is 9.29 Å². The van der Waals surface area contributed by atoms with E-state index in [0.717, 1.165) is 0 Å². The Bertz CT molecular complexity index is 863. The summed E-state index contributed by atoms with van der Waals surface area (Å²) in [5, 5.41) is 3.10. The molecule has 0 aliphatic rings. The smallest absolute Gasteiger partial charge is 0.257 e. The van der Waals surface area contributed by atoms with Gasteiger partial charge in [-0.25, -0.2) is 13.4 Å². The summed E-state index contributed by atoms with van der Waals surface area (Å²) in [7, 11) is -3.63. The normalized spacial score (nSPS) is 11.6. The third-order valence-corrected chi connectivity index (χ3v) is 6.04. The molecule has 0 atom stereocenters. The first-order valence-corrected chi connectivity index (χ1v) is 9.65. The van der Waals surface area contributed by atoms with Gasteiger partial charge in [0.05, 0.1) is 9.92 Å². The standard InChI is InChI=1S/C17H20ClN3O3S/c1-4-21(5-2)25(23,24)14-8-6-12(3)15(10-14)17(22)20-16-9-7-13(18)11-19-16/h6-11H,4-5H2,1-3H3,(H,19,20,22). The first kappa shape index (κ1) is 19.4. The molecule has 2 rings (SSSR count). The SMILES string of the molecule is CCN(CC)S(=O)(=O)c1ccc(C)c(C(=O)Nc2ccc(Cl)cn2)c1. The molecule has 134 valence electrons. The molecule has 0 radical (unpaired) electrons. The largest absolute Gasteiger partial charge is 0.307 e. The van der Waals surface area contributed by atoms with Crippen molar-refractivity contribution in [2.24, 2.45) is 0 Å². The first-order chi connectivity index (χ1) is 11.8. The van der Waals surface area contributed by atoms with Crippen molar-refractivity contribution in [2.45, 2.75) is 25.7 Å². The van der Waals surface area contributed by atoms with Crippen LogP contribution < -0.4 is 5.32 Å². The van der Waals surface area contributed by atoms with Crippen molar-refractivity contribution in [3.63, 3.8) is 0 Å². The highest BCUT2D eigenvalue weighted by Gasteiger charge is 2.23. The van der Waals surface area contributed by atoms with Crippen molar-refractivity contribution >= 4 is 33.3 Å². The minimum Gasteiger partial charge on any atom is -0.307 e. The number of rotatable bonds is 6. The van der Waals surface area contributed by atoms with Gasteiger partial charge >= 0.3 is 0 Å². The van der Waals surface area contributed by atoms with Gasteiger partial charge in [0.1, 0.15) is 5.82 Å². The molecule has 1 aromatic carbocycles. The first-order valence-electron chi connectivity index (χ1n) is 7.83. The summed E-state index contributed by atoms with van der Waals surface area (Å²) in [6, 6.07) is 7.72. The minimum atomic E-state index is -3.63. The fraction of sp³-hybridized carbons (Fsp3) is 0.294. The zero-order valence-electron chi connectivity index (χ0n) is 14.3. The zero-order chi connectivity index (χ0) is 18.6. The monoisotopic (exact) mass is 381 g/mol. The second-order valence-corrected chi connectivity index (χ2v) is 7.76. The molecule has 0 fully saturated rings. The van der Waals surface area contributed by atoms with Crippen molar-refractivity contribution in [1.29, 1.82) is 0 Å². The maximum atomic E-state index is 12.6. The summed E-state index contributed by atoms with van der Waals surface area (Å²) in [6.45, 7) is 6.02. The van der Waals surface area contributed by atoms with E-state index in [0.29, 0.717) is 29.5 Å². The van der Waals surface area contributed by atoms with Crippen molar-refractivity contribution in [3.8, 4) is 0 Å². The van der Waals surface area contributed by atoms with Crippen LogP contribution in [0.4, 0.5) is 5.82 Å². The molecular weight excluding hydrogens is 362 g/mol. The number of anilines is 1. The molecule has 25 heavy (non-hydrogen) atoms. The molecule has 2 aromatic rings. The molecule has 1 heterocycles. The maximum absolute atomic E-state index is 12.6. The number of halogens is 1. The van der Waals surface area contributed by atoms with Gasteiger partial charge in [-0.3, -0.25) is 4.79 Å². The van der Waals surface area contributed by atoms with Gasteiger partial charge in [0.15, 0.2) is 0 Å². The Morgan fingerprint density at radius 2 is 1.88 bits per heavy atom. The number of sulfonamides is 1. The highest BCUT2D eigenvalue weighted by atomic mass is 35.5. The maximum Gasteiger partial charge on any atom is 0.257 e. The lowest BCUT2D eigenvalue weighted by Gasteiger charge is -2.19. The highest BCUT2D eigenvalue weighted by molar-refractivity contribution is 7.89. The van der Waals surface area contributed by atoms with Crippen LogP contribution in [-0.4, -0.2) is 36.7 Å². The Balaban J connectivity index is 2.35. The average Bonchev–Trinajstić information content (AvgIpc) is 2.58. The Labute approximate surface area is 152 Å². The number of aromatic nitrogens is 1. The molecule has 1 N–H and O–H groups in total. The van der Waals surface area contributed by atoms with Crippen LogP contribution in [0.25, 0.3) is 0 Å². The third kappa shape index (κ3) is 4.36. The summed E-state index contributed by atoms with van der Waals surface area (Å²) in [5.74, 6) is -0.0882. The molecule has 1 aromatic heterocycles. The topological polar surface area (TPSA) is 79.4 Å². The summed E-state index contributed by atoms with van der Waals surface area (Å²) in [5.41, 5.74) is 0.954. The van der Waals surface area contributed by atoms with Crippen LogP contribution in [0.5, 0.6) is 0 Å². The molecule has 1 amide bonds. The van der Waals surface area contributed by atoms with Gasteiger partial charge in [-0.15, -0.1) is 0 Å². The number of amides is 1. The Morgan fingerprint density at radius 1 is 1.20 bits per heavy atom. The molecule has 0 spiro atoms. The lowest BCUT2D eigenvalue weighted by Crippen LogP contribution is -2.30. The van der Waals surface area contributed by atoms with Gasteiger partial charge in [-0.1, -0.05) is 31.5 Å². The van der Waals surface area contributed by atoms with E-state index in [1.165, 1.54) is 22.6 Å². The van der Waals surface area contributed by atoms with E-state index < -0.39 is 15.9 Å². The van der Waals surface area contributed by atoms with E-state index in [2.05, 4.69) is 10.3 Å². The van der Waals surface area contributed by atoms with Crippen molar-refractivity contribution in [3.05, 3.63) is 52.7 Å². The molecule has 0 aliphatic carbocycles. The number of nitrogens with one attached hydrogen (secondary N) is 1. The number of pyridine rings is 1. The van der Waals surface area contributed by atoms with Gasteiger partial charge in [-0.05, 0) is 36.8 Å². The number of hydrogen-bond donors (Lipinski definition) is 1. The molecule has 0 saturated heterocycles. The third-order valence-electron chi connectivity index (χ3n) is 3.77. The summed E-state index contributed by atoms with van der Waals surface area (Å²) < 4.78 is 26.6. The van der Waals surface area contributed by atoms with E-state index >= 15 is 0 Å². The Kier molecular flexibility index (Phi) is 6.16. The van der Waals surface area contributed by atoms with Gasteiger partial charge in [0.2, 0.25) is 10.0 Å². The van der Waals surface area contributed by atoms with E-state index in [9.17, 15) is 13.2 Å². The quantitative estimate of drug-likeness (QED) is 0.832. The summed E-state index contributed by atoms with van der Waals surface area (Å²) >= 11 is 5.77. The van der Waals surface area contributed by atoms with Crippen LogP contribution in [-0.2, 0) is 10.0 Å². The Hall–Kier alpha value is -1.96. The zero-order valence-corrected chi connectivity index (χ0v) is 15.9. The van der Waals surface area contributed by atoms with Crippen LogP contribution in [0.1, 0.15) is 29.8 Å². The van der Waals surface area contributed by atoms with Crippen molar-refractivity contribution in [2.75, 3.05) is 18.4 Å². The molecule has 0 aliphatic heterocycles. The Morgan fingerprint density at radius 3 is 2.44 bits per heavy atom. The predicted molar refractivity (Wildman–Crippen MR) is 98.5 cm³/mol. The van der Waals surface area contributed by atoms with Crippen LogP contribution >= 0.6 is 11.6 Å². The number of carbonyl (C=O) groups is 1. The second kappa shape index (κ2) is 7.95. The molecule has 6 nitrogen and oxygen atoms in total. The minimum absolute atomic E-state index is 0.0935. The van der Waals surface area contributed by atoms with Gasteiger partial charge < -0.3 is 5.32 Å². The summed E-state index contributed by atoms with van der Waals surface area (Å²) in [4.78, 5) is 16.6. The van der Waals surface area contributed by atoms with E-state index in [1.54, 1.807) is 39.0 Å². The molecule has 8 heteroatoms. The lowest BCUT2D eigenvalue weighted by molar-refractivity contribution is 0.102. The van der Waals surface area contributed by atoms with E-state index in [-0.39, 0.29) is 10.5 Å². The van der Waals surface area contributed by atoms with Crippen LogP contribution in [0.2, 0.25) is 5.02 Å². The number of aryl methyl sites for hydroxylation is 1. The number of nitrogens with zero attached hydrogens (tertiary/aromatic N) is 2. The van der Waals surface area contributed by atoms with Gasteiger partial charge in [0.25, 0.3) is 5.91 Å². The molecule has 0 unspecified atom stereocenters. The molecular formula is C17H20ClN3O3S. The predicted octanol–water partition coefficient (Wildman–Crippen LogP) is 3.33. The van der Waals surface area contributed by atoms with E-state index in [1.807, 2.05) is 0 Å². The number of hydrogen-bond acceptors (Lipinski definition) is 4. The fourth-order valence-corrected chi connectivity index (χ4v) is 3.95.